The molecule has 1 aromatic carbocycles. The van der Waals surface area contributed by atoms with Crippen molar-refractivity contribution < 1.29 is 0 Å². The Labute approximate surface area is 110 Å². The minimum absolute atomic E-state index is 0.598. The van der Waals surface area contributed by atoms with Crippen LogP contribution in [-0.4, -0.2) is 24.0 Å². The Hall–Kier alpha value is -1.33. The fourth-order valence-corrected chi connectivity index (χ4v) is 2.80. The molecule has 1 fully saturated rings. The predicted molar refractivity (Wildman–Crippen MR) is 74.5 cm³/mol. The molecule has 18 heavy (non-hydrogen) atoms. The van der Waals surface area contributed by atoms with Gasteiger partial charge < -0.3 is 4.90 Å². The van der Waals surface area contributed by atoms with Crippen LogP contribution in [0.2, 0.25) is 0 Å². The van der Waals surface area contributed by atoms with Crippen LogP contribution in [0.15, 0.2) is 24.3 Å². The molecular formula is C16H22N2. The average molecular weight is 242 g/mol. The molecule has 2 heteroatoms. The Kier molecular flexibility index (Phi) is 4.38. The summed E-state index contributed by atoms with van der Waals surface area (Å²) in [6.45, 7) is 6.94. The number of rotatable bonds is 3. The van der Waals surface area contributed by atoms with Crippen LogP contribution < -0.4 is 0 Å². The molecule has 1 heterocycles. The Morgan fingerprint density at radius 3 is 3.06 bits per heavy atom. The highest BCUT2D eigenvalue weighted by atomic mass is 15.2. The van der Waals surface area contributed by atoms with Crippen LogP contribution in [0.3, 0.4) is 0 Å². The fraction of sp³-hybridized carbons (Fsp3) is 0.562. The molecule has 0 bridgehead atoms. The fourth-order valence-electron chi connectivity index (χ4n) is 2.80. The van der Waals surface area contributed by atoms with Gasteiger partial charge in [0.15, 0.2) is 0 Å². The second-order valence-corrected chi connectivity index (χ2v) is 5.33. The lowest BCUT2D eigenvalue weighted by Gasteiger charge is -2.36. The van der Waals surface area contributed by atoms with E-state index in [4.69, 9.17) is 5.26 Å². The number of hydrogen-bond donors (Lipinski definition) is 0. The lowest BCUT2D eigenvalue weighted by Crippen LogP contribution is -2.40. The maximum absolute atomic E-state index is 8.98. The number of hydrogen-bond acceptors (Lipinski definition) is 2. The van der Waals surface area contributed by atoms with E-state index in [2.05, 4.69) is 36.9 Å². The van der Waals surface area contributed by atoms with Crippen LogP contribution >= 0.6 is 0 Å². The molecule has 0 saturated carbocycles. The first kappa shape index (κ1) is 13.1. The number of benzene rings is 1. The smallest absolute Gasteiger partial charge is 0.0991 e. The normalized spacial score (nSPS) is 22.4. The van der Waals surface area contributed by atoms with Crippen molar-refractivity contribution in [3.05, 3.63) is 35.4 Å². The van der Waals surface area contributed by atoms with E-state index in [-0.39, 0.29) is 0 Å². The van der Waals surface area contributed by atoms with Crippen LogP contribution in [-0.2, 0) is 0 Å². The van der Waals surface area contributed by atoms with Gasteiger partial charge in [0.1, 0.15) is 0 Å². The van der Waals surface area contributed by atoms with Crippen molar-refractivity contribution in [1.29, 1.82) is 5.26 Å². The predicted octanol–water partition coefficient (Wildman–Crippen LogP) is 3.54. The summed E-state index contributed by atoms with van der Waals surface area (Å²) in [7, 11) is 0. The summed E-state index contributed by atoms with van der Waals surface area (Å²) in [5.41, 5.74) is 2.12. The van der Waals surface area contributed by atoms with E-state index in [1.165, 1.54) is 31.4 Å². The third-order valence-electron chi connectivity index (χ3n) is 4.15. The van der Waals surface area contributed by atoms with Crippen LogP contribution in [0.5, 0.6) is 0 Å². The molecule has 1 aliphatic rings. The summed E-state index contributed by atoms with van der Waals surface area (Å²) in [4.78, 5) is 2.59. The van der Waals surface area contributed by atoms with Crippen LogP contribution in [0, 0.1) is 11.3 Å². The highest BCUT2D eigenvalue weighted by molar-refractivity contribution is 5.34. The van der Waals surface area contributed by atoms with Gasteiger partial charge in [0.05, 0.1) is 11.6 Å². The van der Waals surface area contributed by atoms with Crippen molar-refractivity contribution >= 4 is 0 Å². The van der Waals surface area contributed by atoms with Gasteiger partial charge >= 0.3 is 0 Å². The maximum Gasteiger partial charge on any atom is 0.0991 e. The van der Waals surface area contributed by atoms with Crippen molar-refractivity contribution in [1.82, 2.24) is 4.90 Å². The topological polar surface area (TPSA) is 27.0 Å². The lowest BCUT2D eigenvalue weighted by molar-refractivity contribution is 0.154. The average Bonchev–Trinajstić information content (AvgIpc) is 2.46. The molecule has 0 amide bonds. The second kappa shape index (κ2) is 6.02. The van der Waals surface area contributed by atoms with Crippen molar-refractivity contribution in [2.45, 2.75) is 45.1 Å². The van der Waals surface area contributed by atoms with E-state index >= 15 is 0 Å². The largest absolute Gasteiger partial charge is 0.300 e. The van der Waals surface area contributed by atoms with Gasteiger partial charge in [-0.1, -0.05) is 19.1 Å². The first-order chi connectivity index (χ1) is 8.74. The minimum atomic E-state index is 0.598. The monoisotopic (exact) mass is 242 g/mol. The highest BCUT2D eigenvalue weighted by Crippen LogP contribution is 2.28. The van der Waals surface area contributed by atoms with Gasteiger partial charge in [-0.3, -0.25) is 0 Å². The maximum atomic E-state index is 8.98. The SMILES string of the molecule is CC[C@@H](C)N1CCC[C@H](c2cccc(C#N)c2)C1. The molecule has 1 aromatic rings. The van der Waals surface area contributed by atoms with E-state index in [1.54, 1.807) is 0 Å². The summed E-state index contributed by atoms with van der Waals surface area (Å²) >= 11 is 0. The third kappa shape index (κ3) is 2.91. The lowest BCUT2D eigenvalue weighted by atomic mass is 9.89. The van der Waals surface area contributed by atoms with Crippen LogP contribution in [0.25, 0.3) is 0 Å². The number of nitrogens with zero attached hydrogens (tertiary/aromatic N) is 2. The number of likely N-dealkylation sites (tertiary alicyclic amines) is 1. The Bertz CT molecular complexity index is 433. The number of nitriles is 1. The Balaban J connectivity index is 2.10. The second-order valence-electron chi connectivity index (χ2n) is 5.33. The molecule has 2 atom stereocenters. The molecule has 0 N–H and O–H groups in total. The van der Waals surface area contributed by atoms with Gasteiger partial charge in [-0.15, -0.1) is 0 Å². The molecule has 0 radical (unpaired) electrons. The summed E-state index contributed by atoms with van der Waals surface area (Å²) in [5, 5.41) is 8.98. The molecule has 1 aliphatic heterocycles. The van der Waals surface area contributed by atoms with Gasteiger partial charge in [0, 0.05) is 12.6 Å². The molecule has 0 aromatic heterocycles. The number of piperidine rings is 1. The van der Waals surface area contributed by atoms with Gasteiger partial charge in [-0.2, -0.15) is 5.26 Å². The van der Waals surface area contributed by atoms with Gasteiger partial charge in [0.2, 0.25) is 0 Å². The van der Waals surface area contributed by atoms with E-state index < -0.39 is 0 Å². The summed E-state index contributed by atoms with van der Waals surface area (Å²) in [6.07, 6.45) is 3.73. The Morgan fingerprint density at radius 1 is 1.50 bits per heavy atom. The quantitative estimate of drug-likeness (QED) is 0.810. The van der Waals surface area contributed by atoms with Gasteiger partial charge in [0.25, 0.3) is 0 Å². The van der Waals surface area contributed by atoms with E-state index in [0.717, 1.165) is 12.1 Å². The van der Waals surface area contributed by atoms with Crippen molar-refractivity contribution in [2.24, 2.45) is 0 Å². The molecule has 0 spiro atoms. The van der Waals surface area contributed by atoms with E-state index in [0.29, 0.717) is 12.0 Å². The molecule has 2 rings (SSSR count). The minimum Gasteiger partial charge on any atom is -0.300 e. The molecule has 96 valence electrons. The summed E-state index contributed by atoms with van der Waals surface area (Å²) < 4.78 is 0. The van der Waals surface area contributed by atoms with E-state index in [9.17, 15) is 0 Å². The molecule has 2 nitrogen and oxygen atoms in total. The van der Waals surface area contributed by atoms with E-state index in [1.807, 2.05) is 12.1 Å². The van der Waals surface area contributed by atoms with Crippen LogP contribution in [0.4, 0.5) is 0 Å². The zero-order valence-electron chi connectivity index (χ0n) is 11.4. The molecular weight excluding hydrogens is 220 g/mol. The zero-order valence-corrected chi connectivity index (χ0v) is 11.4. The third-order valence-corrected chi connectivity index (χ3v) is 4.15. The standard InChI is InChI=1S/C16H22N2/c1-3-13(2)18-9-5-8-16(12-18)15-7-4-6-14(10-15)11-17/h4,6-7,10,13,16H,3,5,8-9,12H2,1-2H3/t13-,16+/m1/s1. The molecule has 1 saturated heterocycles. The molecule has 0 aliphatic carbocycles. The van der Waals surface area contributed by atoms with Crippen LogP contribution in [0.1, 0.15) is 50.2 Å². The molecule has 0 unspecified atom stereocenters. The summed E-state index contributed by atoms with van der Waals surface area (Å²) in [5.74, 6) is 0.598. The van der Waals surface area contributed by atoms with Gasteiger partial charge in [-0.05, 0) is 56.3 Å². The first-order valence-corrected chi connectivity index (χ1v) is 6.98. The van der Waals surface area contributed by atoms with Crippen molar-refractivity contribution in [3.63, 3.8) is 0 Å². The van der Waals surface area contributed by atoms with Crippen molar-refractivity contribution in [3.8, 4) is 6.07 Å². The zero-order chi connectivity index (χ0) is 13.0. The van der Waals surface area contributed by atoms with Crippen molar-refractivity contribution in [2.75, 3.05) is 13.1 Å². The summed E-state index contributed by atoms with van der Waals surface area (Å²) in [6, 6.07) is 11.0. The first-order valence-electron chi connectivity index (χ1n) is 6.98. The van der Waals surface area contributed by atoms with Gasteiger partial charge in [-0.25, -0.2) is 0 Å². The highest BCUT2D eigenvalue weighted by Gasteiger charge is 2.23. The Morgan fingerprint density at radius 2 is 2.33 bits per heavy atom.